The molecule has 1 saturated heterocycles. The number of hydrogen-bond acceptors (Lipinski definition) is 7. The molecule has 0 aliphatic carbocycles. The van der Waals surface area contributed by atoms with Crippen LogP contribution in [0.4, 0.5) is 0 Å². The Balaban J connectivity index is 1.60. The van der Waals surface area contributed by atoms with Gasteiger partial charge < -0.3 is 23.5 Å². The van der Waals surface area contributed by atoms with Crippen molar-refractivity contribution in [3.05, 3.63) is 69.6 Å². The van der Waals surface area contributed by atoms with Crippen LogP contribution in [0.5, 0.6) is 11.5 Å². The molecular formula is C27H30N2O6. The summed E-state index contributed by atoms with van der Waals surface area (Å²) in [4.78, 5) is 31.4. The summed E-state index contributed by atoms with van der Waals surface area (Å²) in [7, 11) is 1.55. The molecule has 5 rings (SSSR count). The number of morpholine rings is 1. The van der Waals surface area contributed by atoms with Crippen molar-refractivity contribution in [1.29, 1.82) is 0 Å². The normalized spacial score (nSPS) is 18.3. The summed E-state index contributed by atoms with van der Waals surface area (Å²) >= 11 is 0. The van der Waals surface area contributed by atoms with E-state index >= 15 is 0 Å². The Morgan fingerprint density at radius 2 is 1.83 bits per heavy atom. The smallest absolute Gasteiger partial charge is 0.290 e. The van der Waals surface area contributed by atoms with Crippen LogP contribution < -0.4 is 14.9 Å². The van der Waals surface area contributed by atoms with Gasteiger partial charge in [-0.15, -0.1) is 0 Å². The minimum absolute atomic E-state index is 0.00385. The lowest BCUT2D eigenvalue weighted by Crippen LogP contribution is -2.42. The van der Waals surface area contributed by atoms with E-state index in [0.717, 1.165) is 18.7 Å². The van der Waals surface area contributed by atoms with Gasteiger partial charge in [0.25, 0.3) is 5.91 Å². The third kappa shape index (κ3) is 4.51. The molecule has 0 N–H and O–H groups in total. The van der Waals surface area contributed by atoms with Crippen LogP contribution in [-0.4, -0.2) is 68.3 Å². The van der Waals surface area contributed by atoms with Crippen LogP contribution in [0.25, 0.3) is 11.0 Å². The maximum Gasteiger partial charge on any atom is 0.290 e. The zero-order valence-electron chi connectivity index (χ0n) is 20.3. The van der Waals surface area contributed by atoms with Gasteiger partial charge in [0.05, 0.1) is 43.4 Å². The fraction of sp³-hybridized carbons (Fsp3) is 0.407. The molecule has 8 heteroatoms. The van der Waals surface area contributed by atoms with Crippen molar-refractivity contribution < 1.29 is 23.4 Å². The van der Waals surface area contributed by atoms with Gasteiger partial charge in [-0.25, -0.2) is 0 Å². The predicted molar refractivity (Wildman–Crippen MR) is 131 cm³/mol. The SMILES string of the molecule is COc1ccc2c(=O)c3c(oc2c1)C(=O)N(CCN1CCOCC1)[C@H]3c1cccc(OC(C)C)c1. The Bertz CT molecular complexity index is 1290. The van der Waals surface area contributed by atoms with Gasteiger partial charge in [0.2, 0.25) is 5.76 Å². The highest BCUT2D eigenvalue weighted by Gasteiger charge is 2.42. The third-order valence-corrected chi connectivity index (χ3v) is 6.48. The number of ether oxygens (including phenoxy) is 3. The van der Waals surface area contributed by atoms with Crippen molar-refractivity contribution in [3.63, 3.8) is 0 Å². The van der Waals surface area contributed by atoms with Crippen LogP contribution in [0.3, 0.4) is 0 Å². The first-order valence-electron chi connectivity index (χ1n) is 12.0. The van der Waals surface area contributed by atoms with E-state index in [1.54, 1.807) is 30.2 Å². The molecule has 2 aromatic carbocycles. The molecule has 0 radical (unpaired) electrons. The number of amides is 1. The lowest BCUT2D eigenvalue weighted by atomic mass is 9.98. The Hall–Kier alpha value is -3.36. The molecule has 0 bridgehead atoms. The third-order valence-electron chi connectivity index (χ3n) is 6.48. The molecular weight excluding hydrogens is 448 g/mol. The van der Waals surface area contributed by atoms with Crippen LogP contribution >= 0.6 is 0 Å². The summed E-state index contributed by atoms with van der Waals surface area (Å²) in [6.45, 7) is 8.07. The maximum atomic E-state index is 13.7. The average Bonchev–Trinajstić information content (AvgIpc) is 3.14. The highest BCUT2D eigenvalue weighted by Crippen LogP contribution is 2.39. The van der Waals surface area contributed by atoms with Gasteiger partial charge >= 0.3 is 0 Å². The molecule has 0 unspecified atom stereocenters. The van der Waals surface area contributed by atoms with E-state index in [1.165, 1.54) is 0 Å². The largest absolute Gasteiger partial charge is 0.497 e. The summed E-state index contributed by atoms with van der Waals surface area (Å²) < 4.78 is 22.7. The number of nitrogens with zero attached hydrogens (tertiary/aromatic N) is 2. The second-order valence-corrected chi connectivity index (χ2v) is 9.13. The fourth-order valence-corrected chi connectivity index (χ4v) is 4.81. The van der Waals surface area contributed by atoms with Crippen molar-refractivity contribution in [2.75, 3.05) is 46.5 Å². The second kappa shape index (κ2) is 9.71. The van der Waals surface area contributed by atoms with Gasteiger partial charge in [-0.05, 0) is 43.7 Å². The molecule has 2 aliphatic rings. The number of hydrogen-bond donors (Lipinski definition) is 0. The maximum absolute atomic E-state index is 13.7. The fourth-order valence-electron chi connectivity index (χ4n) is 4.81. The first kappa shape index (κ1) is 23.4. The molecule has 1 aromatic heterocycles. The molecule has 8 nitrogen and oxygen atoms in total. The van der Waals surface area contributed by atoms with Gasteiger partial charge in [-0.3, -0.25) is 14.5 Å². The summed E-state index contributed by atoms with van der Waals surface area (Å²) in [5.74, 6) is 1.07. The van der Waals surface area contributed by atoms with Crippen molar-refractivity contribution in [2.24, 2.45) is 0 Å². The molecule has 184 valence electrons. The lowest BCUT2D eigenvalue weighted by molar-refractivity contribution is 0.0314. The molecule has 3 heterocycles. The Morgan fingerprint density at radius 3 is 2.57 bits per heavy atom. The van der Waals surface area contributed by atoms with Crippen LogP contribution in [-0.2, 0) is 4.74 Å². The van der Waals surface area contributed by atoms with Gasteiger partial charge in [0, 0.05) is 32.2 Å². The van der Waals surface area contributed by atoms with Gasteiger partial charge in [-0.1, -0.05) is 12.1 Å². The molecule has 2 aliphatic heterocycles. The molecule has 1 fully saturated rings. The van der Waals surface area contributed by atoms with E-state index < -0.39 is 6.04 Å². The number of fused-ring (bicyclic) bond motifs is 2. The number of carbonyl (C=O) groups excluding carboxylic acids is 1. The highest BCUT2D eigenvalue weighted by atomic mass is 16.5. The Kier molecular flexibility index (Phi) is 6.49. The number of carbonyl (C=O) groups is 1. The minimum Gasteiger partial charge on any atom is -0.497 e. The molecule has 1 atom stereocenters. The molecule has 35 heavy (non-hydrogen) atoms. The molecule has 0 spiro atoms. The van der Waals surface area contributed by atoms with Crippen molar-refractivity contribution >= 4 is 16.9 Å². The Labute approximate surface area is 204 Å². The average molecular weight is 479 g/mol. The number of benzene rings is 2. The van der Waals surface area contributed by atoms with E-state index in [2.05, 4.69) is 4.90 Å². The minimum atomic E-state index is -0.558. The van der Waals surface area contributed by atoms with E-state index in [9.17, 15) is 9.59 Å². The van der Waals surface area contributed by atoms with Crippen molar-refractivity contribution in [2.45, 2.75) is 26.0 Å². The van der Waals surface area contributed by atoms with Crippen LogP contribution in [0.2, 0.25) is 0 Å². The predicted octanol–water partition coefficient (Wildman–Crippen LogP) is 3.47. The summed E-state index contributed by atoms with van der Waals surface area (Å²) in [5.41, 5.74) is 1.33. The van der Waals surface area contributed by atoms with Crippen LogP contribution in [0.1, 0.15) is 41.6 Å². The summed E-state index contributed by atoms with van der Waals surface area (Å²) in [6, 6.07) is 12.1. The van der Waals surface area contributed by atoms with E-state index in [4.69, 9.17) is 18.6 Å². The van der Waals surface area contributed by atoms with Gasteiger partial charge in [-0.2, -0.15) is 0 Å². The summed E-state index contributed by atoms with van der Waals surface area (Å²) in [5, 5.41) is 0.423. The van der Waals surface area contributed by atoms with Crippen molar-refractivity contribution in [3.8, 4) is 11.5 Å². The summed E-state index contributed by atoms with van der Waals surface area (Å²) in [6.07, 6.45) is 0.00385. The standard InChI is InChI=1S/C27H30N2O6/c1-17(2)34-20-6-4-5-18(15-20)24-23-25(30)21-8-7-19(32-3)16-22(21)35-26(23)27(31)29(24)10-9-28-11-13-33-14-12-28/h4-8,15-17,24H,9-14H2,1-3H3/t24-/m0/s1. The van der Waals surface area contributed by atoms with Crippen molar-refractivity contribution in [1.82, 2.24) is 9.80 Å². The highest BCUT2D eigenvalue weighted by molar-refractivity contribution is 5.99. The topological polar surface area (TPSA) is 81.5 Å². The van der Waals surface area contributed by atoms with E-state index in [-0.39, 0.29) is 23.2 Å². The van der Waals surface area contributed by atoms with E-state index in [1.807, 2.05) is 38.1 Å². The van der Waals surface area contributed by atoms with Crippen LogP contribution in [0, 0.1) is 0 Å². The molecule has 3 aromatic rings. The number of rotatable bonds is 7. The quantitative estimate of drug-likeness (QED) is 0.514. The molecule has 0 saturated carbocycles. The number of methoxy groups -OCH3 is 1. The monoisotopic (exact) mass is 478 g/mol. The van der Waals surface area contributed by atoms with Gasteiger partial charge in [0.1, 0.15) is 17.1 Å². The lowest BCUT2D eigenvalue weighted by Gasteiger charge is -2.31. The first-order valence-corrected chi connectivity index (χ1v) is 12.0. The second-order valence-electron chi connectivity index (χ2n) is 9.13. The first-order chi connectivity index (χ1) is 17.0. The molecule has 1 amide bonds. The Morgan fingerprint density at radius 1 is 1.03 bits per heavy atom. The zero-order valence-corrected chi connectivity index (χ0v) is 20.3. The van der Waals surface area contributed by atoms with E-state index in [0.29, 0.717) is 54.3 Å². The zero-order chi connectivity index (χ0) is 24.5. The van der Waals surface area contributed by atoms with Gasteiger partial charge in [0.15, 0.2) is 5.43 Å². The van der Waals surface area contributed by atoms with Crippen LogP contribution in [0.15, 0.2) is 51.7 Å².